The summed E-state index contributed by atoms with van der Waals surface area (Å²) in [4.78, 5) is 93.4. The Hall–Kier alpha value is -5.65. The van der Waals surface area contributed by atoms with Crippen LogP contribution < -0.4 is 26.6 Å². The summed E-state index contributed by atoms with van der Waals surface area (Å²) in [5, 5.41) is 8.94. The quantitative estimate of drug-likeness (QED) is 0.0917. The van der Waals surface area contributed by atoms with E-state index in [2.05, 4.69) is 42.6 Å². The third-order valence-corrected chi connectivity index (χ3v) is 14.0. The van der Waals surface area contributed by atoms with Gasteiger partial charge in [0.05, 0.1) is 12.4 Å². The number of nitrogens with two attached hydrogens (primary N) is 1. The number of unbranched alkanes of at least 4 members (excludes halogenated alkanes) is 3. The molecule has 6 amide bonds. The molecule has 0 aliphatic carbocycles. The van der Waals surface area contributed by atoms with Crippen molar-refractivity contribution in [3.8, 4) is 0 Å². The van der Waals surface area contributed by atoms with E-state index in [4.69, 9.17) is 5.73 Å². The van der Waals surface area contributed by atoms with Gasteiger partial charge in [0.2, 0.25) is 29.5 Å². The number of likely N-dealkylation sites (tertiary alicyclic amines) is 2. The van der Waals surface area contributed by atoms with Gasteiger partial charge in [-0.2, -0.15) is 0 Å². The van der Waals surface area contributed by atoms with Gasteiger partial charge in [0.15, 0.2) is 0 Å². The van der Waals surface area contributed by atoms with Gasteiger partial charge in [-0.3, -0.25) is 34.1 Å². The van der Waals surface area contributed by atoms with Gasteiger partial charge in [0.25, 0.3) is 5.91 Å². The maximum absolute atomic E-state index is 13.0. The lowest BCUT2D eigenvalue weighted by Crippen LogP contribution is -2.57. The van der Waals surface area contributed by atoms with Crippen molar-refractivity contribution in [2.45, 2.75) is 106 Å². The number of carbonyl (C=O) groups is 6. The maximum atomic E-state index is 13.0. The van der Waals surface area contributed by atoms with Crippen molar-refractivity contribution in [3.63, 3.8) is 0 Å². The molecule has 0 radical (unpaired) electrons. The number of hydrogen-bond donors (Lipinski definition) is 4. The molecule has 5 aliphatic heterocycles. The fourth-order valence-electron chi connectivity index (χ4n) is 9.41. The number of nitrogens with zero attached hydrogens (tertiary/aromatic N) is 6. The fourth-order valence-corrected chi connectivity index (χ4v) is 10.2. The largest absolute Gasteiger partial charge is 0.355 e. The van der Waals surface area contributed by atoms with Gasteiger partial charge < -0.3 is 36.0 Å². The van der Waals surface area contributed by atoms with Crippen molar-refractivity contribution in [1.29, 1.82) is 0 Å². The second-order valence-electron chi connectivity index (χ2n) is 18.4. The average Bonchev–Trinajstić information content (AvgIpc) is 3.85. The molecule has 338 valence electrons. The molecule has 2 aromatic carbocycles. The normalized spacial score (nSPS) is 20.4. The Morgan fingerprint density at radius 2 is 1.75 bits per heavy atom. The molecule has 5 aliphatic rings. The van der Waals surface area contributed by atoms with Crippen LogP contribution in [0.3, 0.4) is 0 Å². The van der Waals surface area contributed by atoms with E-state index in [0.29, 0.717) is 50.3 Å². The highest BCUT2D eigenvalue weighted by Crippen LogP contribution is 2.40. The van der Waals surface area contributed by atoms with Crippen molar-refractivity contribution >= 4 is 58.7 Å². The van der Waals surface area contributed by atoms with Gasteiger partial charge >= 0.3 is 0 Å². The Morgan fingerprint density at radius 1 is 0.938 bits per heavy atom. The molecule has 16 nitrogen and oxygen atoms in total. The number of anilines is 2. The number of hydrogen-bond acceptors (Lipinski definition) is 12. The molecule has 5 N–H and O–H groups in total. The lowest BCUT2D eigenvalue weighted by atomic mass is 9.79. The van der Waals surface area contributed by atoms with Crippen LogP contribution in [0.15, 0.2) is 76.9 Å². The third-order valence-electron chi connectivity index (χ3n) is 13.1. The molecule has 8 rings (SSSR count). The van der Waals surface area contributed by atoms with Gasteiger partial charge in [0, 0.05) is 104 Å². The Labute approximate surface area is 378 Å². The molecule has 1 aromatic heterocycles. The molecule has 1 spiro atoms. The summed E-state index contributed by atoms with van der Waals surface area (Å²) < 4.78 is 0. The molecule has 17 heteroatoms. The Balaban J connectivity index is 0.673. The van der Waals surface area contributed by atoms with Crippen LogP contribution in [0.2, 0.25) is 0 Å². The highest BCUT2D eigenvalue weighted by atomic mass is 32.2. The minimum atomic E-state index is -0.652. The maximum Gasteiger partial charge on any atom is 0.255 e. The van der Waals surface area contributed by atoms with Crippen LogP contribution in [0, 0.1) is 5.41 Å². The van der Waals surface area contributed by atoms with Crippen molar-refractivity contribution in [1.82, 2.24) is 35.3 Å². The van der Waals surface area contributed by atoms with Gasteiger partial charge in [-0.05, 0) is 87.4 Å². The van der Waals surface area contributed by atoms with Gasteiger partial charge in [-0.15, -0.1) is 0 Å². The van der Waals surface area contributed by atoms with E-state index in [1.165, 1.54) is 28.8 Å². The summed E-state index contributed by atoms with van der Waals surface area (Å²) in [6, 6.07) is 12.3. The van der Waals surface area contributed by atoms with E-state index < -0.39 is 11.9 Å². The summed E-state index contributed by atoms with van der Waals surface area (Å²) in [5.74, 6) is -0.633. The SMILES string of the molecule is CC1(N)CCN(c2cnc(Sc3cccc(NC(=O)/C=C/C(=O)N4CCC5(CN(CCCCCCC(=O)NCc6ccc7c(c6)CN(C6CCC(=O)NC6=O)C7=O)C5)C4)c3)cn2)CC1. The topological polar surface area (TPSA) is 203 Å². The molecule has 3 aromatic rings. The average molecular weight is 891 g/mol. The Morgan fingerprint density at radius 3 is 2.53 bits per heavy atom. The smallest absolute Gasteiger partial charge is 0.255 e. The molecule has 1 atom stereocenters. The van der Waals surface area contributed by atoms with E-state index in [0.717, 1.165) is 105 Å². The predicted octanol–water partition coefficient (Wildman–Crippen LogP) is 4.00. The van der Waals surface area contributed by atoms with E-state index >= 15 is 0 Å². The number of amides is 6. The molecule has 64 heavy (non-hydrogen) atoms. The second kappa shape index (κ2) is 19.6. The van der Waals surface area contributed by atoms with Gasteiger partial charge in [0.1, 0.15) is 16.9 Å². The fraction of sp³-hybridized carbons (Fsp3) is 0.489. The number of rotatable bonds is 16. The van der Waals surface area contributed by atoms with Gasteiger partial charge in [-0.1, -0.05) is 42.8 Å². The highest BCUT2D eigenvalue weighted by Gasteiger charge is 2.48. The van der Waals surface area contributed by atoms with Crippen LogP contribution in [0.5, 0.6) is 0 Å². The van der Waals surface area contributed by atoms with E-state index in [-0.39, 0.29) is 46.9 Å². The van der Waals surface area contributed by atoms with Crippen molar-refractivity contribution in [3.05, 3.63) is 83.7 Å². The van der Waals surface area contributed by atoms with E-state index in [9.17, 15) is 28.8 Å². The first-order valence-electron chi connectivity index (χ1n) is 22.5. The molecular weight excluding hydrogens is 833 g/mol. The zero-order chi connectivity index (χ0) is 44.8. The van der Waals surface area contributed by atoms with Crippen molar-refractivity contribution in [2.75, 3.05) is 56.0 Å². The first-order valence-corrected chi connectivity index (χ1v) is 23.3. The minimum Gasteiger partial charge on any atom is -0.355 e. The summed E-state index contributed by atoms with van der Waals surface area (Å²) in [6.45, 7) is 8.78. The van der Waals surface area contributed by atoms with Crippen LogP contribution >= 0.6 is 11.8 Å². The summed E-state index contributed by atoms with van der Waals surface area (Å²) in [6.07, 6.45) is 13.9. The lowest BCUT2D eigenvalue weighted by molar-refractivity contribution is -0.137. The molecular formula is C47H58N10O6S. The predicted molar refractivity (Wildman–Crippen MR) is 242 cm³/mol. The summed E-state index contributed by atoms with van der Waals surface area (Å²) in [7, 11) is 0. The number of benzene rings is 2. The van der Waals surface area contributed by atoms with Gasteiger partial charge in [-0.25, -0.2) is 9.97 Å². The zero-order valence-electron chi connectivity index (χ0n) is 36.5. The summed E-state index contributed by atoms with van der Waals surface area (Å²) >= 11 is 1.46. The molecule has 0 bridgehead atoms. The monoisotopic (exact) mass is 890 g/mol. The first-order chi connectivity index (χ1) is 30.8. The van der Waals surface area contributed by atoms with Crippen LogP contribution in [0.4, 0.5) is 11.5 Å². The number of piperidine rings is 2. The van der Waals surface area contributed by atoms with Crippen molar-refractivity contribution < 1.29 is 28.8 Å². The van der Waals surface area contributed by atoms with Crippen LogP contribution in [-0.2, 0) is 37.1 Å². The Kier molecular flexibility index (Phi) is 13.8. The number of nitrogens with one attached hydrogen (secondary N) is 3. The van der Waals surface area contributed by atoms with E-state index in [1.54, 1.807) is 18.5 Å². The molecule has 0 saturated carbocycles. The highest BCUT2D eigenvalue weighted by molar-refractivity contribution is 7.99. The molecule has 6 heterocycles. The number of carbonyl (C=O) groups excluding carboxylic acids is 6. The van der Waals surface area contributed by atoms with Crippen LogP contribution in [0.25, 0.3) is 0 Å². The van der Waals surface area contributed by atoms with E-state index in [1.807, 2.05) is 41.3 Å². The molecule has 1 unspecified atom stereocenters. The number of imide groups is 1. The van der Waals surface area contributed by atoms with Crippen LogP contribution in [-0.4, -0.2) is 118 Å². The first kappa shape index (κ1) is 44.9. The van der Waals surface area contributed by atoms with Crippen LogP contribution in [0.1, 0.15) is 92.6 Å². The Bertz CT molecular complexity index is 2290. The standard InChI is InChI=1S/C47H58N10O6S/c1-46(48)16-20-55(21-17-46)38-26-51-42(27-49-38)64-35-8-6-7-34(24-35)52-40(59)14-15-43(61)56-22-18-47(31-56)29-54(30-47)19-5-3-2-4-9-39(58)50-25-32-10-11-36-33(23-32)28-57(45(36)63)37-12-13-41(60)53-44(37)62/h6-8,10-11,14-15,23-24,26-27,37H,2-5,9,12-13,16-22,25,28-31,48H2,1H3,(H,50,58)(H,52,59)(H,53,60,62)/b15-14+. The second-order valence-corrected chi connectivity index (χ2v) is 19.5. The molecule has 4 fully saturated rings. The lowest BCUT2D eigenvalue weighted by Gasteiger charge is -2.48. The third kappa shape index (κ3) is 11.2. The number of fused-ring (bicyclic) bond motifs is 1. The number of aromatic nitrogens is 2. The minimum absolute atomic E-state index is 0.00912. The zero-order valence-corrected chi connectivity index (χ0v) is 37.3. The van der Waals surface area contributed by atoms with Crippen molar-refractivity contribution in [2.24, 2.45) is 11.1 Å². The summed E-state index contributed by atoms with van der Waals surface area (Å²) in [5.41, 5.74) is 9.16. The molecule has 4 saturated heterocycles.